The average molecular weight is 378 g/mol. The monoisotopic (exact) mass is 377 g/mol. The maximum Gasteiger partial charge on any atom is 0.348 e. The predicted molar refractivity (Wildman–Crippen MR) is 88.9 cm³/mol. The van der Waals surface area contributed by atoms with E-state index in [-0.39, 0.29) is 5.91 Å². The van der Waals surface area contributed by atoms with Crippen molar-refractivity contribution in [2.24, 2.45) is 0 Å². The van der Waals surface area contributed by atoms with Crippen molar-refractivity contribution < 1.29 is 18.7 Å². The Morgan fingerprint density at radius 1 is 1.30 bits per heavy atom. The lowest BCUT2D eigenvalue weighted by atomic mass is 10.2. The molecule has 0 saturated carbocycles. The number of rotatable bonds is 3. The summed E-state index contributed by atoms with van der Waals surface area (Å²) in [6.45, 7) is 4.18. The van der Waals surface area contributed by atoms with Gasteiger partial charge in [0.05, 0.1) is 4.47 Å². The highest BCUT2D eigenvalue weighted by molar-refractivity contribution is 9.10. The van der Waals surface area contributed by atoms with Gasteiger partial charge in [0, 0.05) is 24.7 Å². The molecule has 0 radical (unpaired) electrons. The number of ether oxygens (including phenoxy) is 1. The predicted octanol–water partition coefficient (Wildman–Crippen LogP) is 4.00. The Kier molecular flexibility index (Phi) is 4.26. The Morgan fingerprint density at radius 3 is 2.70 bits per heavy atom. The van der Waals surface area contributed by atoms with Crippen LogP contribution in [0, 0.1) is 13.8 Å². The molecule has 5 nitrogen and oxygen atoms in total. The van der Waals surface area contributed by atoms with E-state index in [2.05, 4.69) is 15.9 Å². The highest BCUT2D eigenvalue weighted by Gasteiger charge is 2.24. The molecule has 1 fully saturated rings. The molecule has 1 aromatic heterocycles. The van der Waals surface area contributed by atoms with Crippen molar-refractivity contribution in [3.05, 3.63) is 45.8 Å². The van der Waals surface area contributed by atoms with Crippen LogP contribution in [-0.4, -0.2) is 18.4 Å². The quantitative estimate of drug-likeness (QED) is 0.598. The molecule has 0 bridgehead atoms. The maximum absolute atomic E-state index is 12.4. The highest BCUT2D eigenvalue weighted by atomic mass is 79.9. The Morgan fingerprint density at radius 2 is 2.09 bits per heavy atom. The second kappa shape index (κ2) is 6.20. The molecule has 23 heavy (non-hydrogen) atoms. The zero-order valence-electron chi connectivity index (χ0n) is 12.9. The lowest BCUT2D eigenvalue weighted by Gasteiger charge is -2.16. The van der Waals surface area contributed by atoms with E-state index >= 15 is 0 Å². The summed E-state index contributed by atoms with van der Waals surface area (Å²) < 4.78 is 11.5. The summed E-state index contributed by atoms with van der Waals surface area (Å²) in [6, 6.07) is 7.01. The molecule has 0 aliphatic carbocycles. The van der Waals surface area contributed by atoms with Gasteiger partial charge in [-0.15, -0.1) is 0 Å². The SMILES string of the molecule is Cc1oc(C)c(C(=O)Oc2cccc(N3CCCC3=O)c2)c1Br. The van der Waals surface area contributed by atoms with E-state index in [0.717, 1.165) is 12.1 Å². The van der Waals surface area contributed by atoms with Crippen LogP contribution in [0.3, 0.4) is 0 Å². The third-order valence-corrected chi connectivity index (χ3v) is 4.76. The molecule has 1 aliphatic rings. The molecular weight excluding hydrogens is 362 g/mol. The number of hydrogen-bond acceptors (Lipinski definition) is 4. The third-order valence-electron chi connectivity index (χ3n) is 3.80. The number of benzene rings is 1. The third kappa shape index (κ3) is 3.03. The van der Waals surface area contributed by atoms with Gasteiger partial charge in [-0.3, -0.25) is 4.79 Å². The van der Waals surface area contributed by atoms with Crippen molar-refractivity contribution >= 4 is 33.5 Å². The van der Waals surface area contributed by atoms with E-state index in [0.29, 0.717) is 40.3 Å². The summed E-state index contributed by atoms with van der Waals surface area (Å²) in [4.78, 5) is 25.9. The molecule has 0 unspecified atom stereocenters. The number of hydrogen-bond donors (Lipinski definition) is 0. The normalized spacial score (nSPS) is 14.4. The fourth-order valence-corrected chi connectivity index (χ4v) is 3.21. The van der Waals surface area contributed by atoms with Gasteiger partial charge in [0.1, 0.15) is 22.8 Å². The molecule has 0 spiro atoms. The summed E-state index contributed by atoms with van der Waals surface area (Å²) in [6.07, 6.45) is 1.41. The molecule has 1 saturated heterocycles. The number of esters is 1. The van der Waals surface area contributed by atoms with Crippen LogP contribution in [0.15, 0.2) is 33.2 Å². The molecule has 6 heteroatoms. The van der Waals surface area contributed by atoms with Crippen LogP contribution in [0.1, 0.15) is 34.7 Å². The van der Waals surface area contributed by atoms with Crippen LogP contribution in [0.5, 0.6) is 5.75 Å². The lowest BCUT2D eigenvalue weighted by molar-refractivity contribution is -0.117. The number of carbonyl (C=O) groups is 2. The van der Waals surface area contributed by atoms with Crippen molar-refractivity contribution in [1.82, 2.24) is 0 Å². The number of aryl methyl sites for hydroxylation is 2. The number of amides is 1. The molecule has 2 aromatic rings. The number of furan rings is 1. The minimum absolute atomic E-state index is 0.0949. The van der Waals surface area contributed by atoms with Crippen LogP contribution >= 0.6 is 15.9 Å². The standard InChI is InChI=1S/C17H16BrNO4/c1-10-15(16(18)11(2)22-10)17(21)23-13-6-3-5-12(9-13)19-8-4-7-14(19)20/h3,5-6,9H,4,7-8H2,1-2H3. The molecule has 0 N–H and O–H groups in total. The molecule has 0 atom stereocenters. The van der Waals surface area contributed by atoms with Gasteiger partial charge in [0.25, 0.3) is 0 Å². The molecule has 3 rings (SSSR count). The van der Waals surface area contributed by atoms with E-state index in [4.69, 9.17) is 9.15 Å². The van der Waals surface area contributed by atoms with Crippen LogP contribution in [0.25, 0.3) is 0 Å². The van der Waals surface area contributed by atoms with Gasteiger partial charge in [0.2, 0.25) is 5.91 Å². The van der Waals surface area contributed by atoms with Crippen molar-refractivity contribution in [3.8, 4) is 5.75 Å². The van der Waals surface area contributed by atoms with E-state index in [9.17, 15) is 9.59 Å². The largest absolute Gasteiger partial charge is 0.465 e. The van der Waals surface area contributed by atoms with Gasteiger partial charge in [-0.25, -0.2) is 4.79 Å². The van der Waals surface area contributed by atoms with E-state index < -0.39 is 5.97 Å². The Hall–Kier alpha value is -2.08. The Bertz CT molecular complexity index is 781. The van der Waals surface area contributed by atoms with Crippen LogP contribution in [-0.2, 0) is 4.79 Å². The lowest BCUT2D eigenvalue weighted by Crippen LogP contribution is -2.23. The average Bonchev–Trinajstić information content (AvgIpc) is 3.03. The van der Waals surface area contributed by atoms with Crippen LogP contribution in [0.4, 0.5) is 5.69 Å². The summed E-state index contributed by atoms with van der Waals surface area (Å²) in [5.41, 5.74) is 1.13. The smallest absolute Gasteiger partial charge is 0.348 e. The van der Waals surface area contributed by atoms with Crippen molar-refractivity contribution in [3.63, 3.8) is 0 Å². The fraction of sp³-hybridized carbons (Fsp3) is 0.294. The van der Waals surface area contributed by atoms with Gasteiger partial charge >= 0.3 is 5.97 Å². The fourth-order valence-electron chi connectivity index (χ4n) is 2.68. The second-order valence-corrected chi connectivity index (χ2v) is 6.23. The maximum atomic E-state index is 12.4. The number of nitrogens with zero attached hydrogens (tertiary/aromatic N) is 1. The number of halogens is 1. The first-order valence-corrected chi connectivity index (χ1v) is 8.15. The van der Waals surface area contributed by atoms with Gasteiger partial charge in [-0.1, -0.05) is 6.07 Å². The Labute approximate surface area is 142 Å². The Balaban J connectivity index is 1.83. The zero-order valence-corrected chi connectivity index (χ0v) is 14.5. The van der Waals surface area contributed by atoms with Crippen LogP contribution in [0.2, 0.25) is 0 Å². The van der Waals surface area contributed by atoms with Gasteiger partial charge in [0.15, 0.2) is 0 Å². The van der Waals surface area contributed by atoms with Crippen LogP contribution < -0.4 is 9.64 Å². The van der Waals surface area contributed by atoms with Crippen molar-refractivity contribution in [1.29, 1.82) is 0 Å². The summed E-state index contributed by atoms with van der Waals surface area (Å²) in [5.74, 6) is 1.14. The van der Waals surface area contributed by atoms with E-state index in [1.807, 2.05) is 6.07 Å². The summed E-state index contributed by atoms with van der Waals surface area (Å²) in [7, 11) is 0. The van der Waals surface area contributed by atoms with Crippen molar-refractivity contribution in [2.75, 3.05) is 11.4 Å². The topological polar surface area (TPSA) is 59.8 Å². The minimum atomic E-state index is -0.490. The molecule has 120 valence electrons. The molecule has 1 aliphatic heterocycles. The van der Waals surface area contributed by atoms with Gasteiger partial charge in [-0.2, -0.15) is 0 Å². The minimum Gasteiger partial charge on any atom is -0.465 e. The number of anilines is 1. The first kappa shape index (κ1) is 15.8. The molecule has 1 amide bonds. The van der Waals surface area contributed by atoms with Gasteiger partial charge in [-0.05, 0) is 48.3 Å². The molecule has 2 heterocycles. The van der Waals surface area contributed by atoms with E-state index in [1.54, 1.807) is 36.9 Å². The highest BCUT2D eigenvalue weighted by Crippen LogP contribution is 2.30. The van der Waals surface area contributed by atoms with Crippen molar-refractivity contribution in [2.45, 2.75) is 26.7 Å². The van der Waals surface area contributed by atoms with E-state index in [1.165, 1.54) is 0 Å². The summed E-state index contributed by atoms with van der Waals surface area (Å²) >= 11 is 3.34. The molecular formula is C17H16BrNO4. The first-order valence-electron chi connectivity index (χ1n) is 7.35. The second-order valence-electron chi connectivity index (χ2n) is 5.44. The number of carbonyl (C=O) groups excluding carboxylic acids is 2. The first-order chi connectivity index (χ1) is 11.0. The van der Waals surface area contributed by atoms with Gasteiger partial charge < -0.3 is 14.1 Å². The molecule has 1 aromatic carbocycles. The zero-order chi connectivity index (χ0) is 16.6. The summed E-state index contributed by atoms with van der Waals surface area (Å²) in [5, 5.41) is 0.